The zero-order valence-corrected chi connectivity index (χ0v) is 15.5. The van der Waals surface area contributed by atoms with Gasteiger partial charge in [-0.05, 0) is 37.0 Å². The third-order valence-corrected chi connectivity index (χ3v) is 5.15. The second kappa shape index (κ2) is 6.56. The Kier molecular flexibility index (Phi) is 4.23. The minimum atomic E-state index is 0.0134. The Labute approximate surface area is 153 Å². The monoisotopic (exact) mass is 348 g/mol. The SMILES string of the molecule is Cc1nn(CCC(C)C)c2c1[C@H](c1ccnc3ccccc13)CC(=O)N2. The summed E-state index contributed by atoms with van der Waals surface area (Å²) < 4.78 is 1.97. The van der Waals surface area contributed by atoms with Crippen LogP contribution in [0, 0.1) is 12.8 Å². The number of aryl methyl sites for hydroxylation is 2. The maximum atomic E-state index is 12.5. The van der Waals surface area contributed by atoms with Gasteiger partial charge in [0, 0.05) is 36.0 Å². The summed E-state index contributed by atoms with van der Waals surface area (Å²) in [6.07, 6.45) is 3.31. The number of carbonyl (C=O) groups is 1. The number of nitrogens with one attached hydrogen (secondary N) is 1. The number of anilines is 1. The van der Waals surface area contributed by atoms with Crippen LogP contribution in [0.15, 0.2) is 36.5 Å². The molecule has 0 fully saturated rings. The average molecular weight is 348 g/mol. The maximum absolute atomic E-state index is 12.5. The number of para-hydroxylation sites is 1. The Morgan fingerprint density at radius 3 is 2.88 bits per heavy atom. The van der Waals surface area contributed by atoms with E-state index in [9.17, 15) is 4.79 Å². The van der Waals surface area contributed by atoms with Crippen molar-refractivity contribution < 1.29 is 4.79 Å². The van der Waals surface area contributed by atoms with E-state index in [1.54, 1.807) is 0 Å². The van der Waals surface area contributed by atoms with Crippen LogP contribution in [0.3, 0.4) is 0 Å². The molecule has 0 spiro atoms. The van der Waals surface area contributed by atoms with Crippen LogP contribution in [0.25, 0.3) is 10.9 Å². The molecule has 1 amide bonds. The van der Waals surface area contributed by atoms with E-state index >= 15 is 0 Å². The Bertz CT molecular complexity index is 968. The first-order valence-corrected chi connectivity index (χ1v) is 9.25. The number of amides is 1. The van der Waals surface area contributed by atoms with Gasteiger partial charge in [-0.2, -0.15) is 5.10 Å². The van der Waals surface area contributed by atoms with Crippen LogP contribution in [0.1, 0.15) is 49.4 Å². The average Bonchev–Trinajstić information content (AvgIpc) is 2.94. The normalized spacial score (nSPS) is 16.8. The number of hydrogen-bond acceptors (Lipinski definition) is 3. The van der Waals surface area contributed by atoms with Crippen molar-refractivity contribution in [3.63, 3.8) is 0 Å². The molecule has 0 saturated carbocycles. The third-order valence-electron chi connectivity index (χ3n) is 5.15. The Balaban J connectivity index is 1.84. The van der Waals surface area contributed by atoms with E-state index in [1.807, 2.05) is 42.1 Å². The van der Waals surface area contributed by atoms with Gasteiger partial charge in [-0.3, -0.25) is 9.78 Å². The van der Waals surface area contributed by atoms with Crippen LogP contribution in [0.4, 0.5) is 5.82 Å². The van der Waals surface area contributed by atoms with Gasteiger partial charge in [-0.1, -0.05) is 32.0 Å². The van der Waals surface area contributed by atoms with Crippen molar-refractivity contribution in [1.82, 2.24) is 14.8 Å². The zero-order chi connectivity index (χ0) is 18.3. The fourth-order valence-corrected chi connectivity index (χ4v) is 3.84. The van der Waals surface area contributed by atoms with E-state index in [4.69, 9.17) is 5.10 Å². The predicted molar refractivity (Wildman–Crippen MR) is 103 cm³/mol. The van der Waals surface area contributed by atoms with E-state index in [2.05, 4.69) is 30.2 Å². The smallest absolute Gasteiger partial charge is 0.226 e. The first-order valence-electron chi connectivity index (χ1n) is 9.25. The second-order valence-electron chi connectivity index (χ2n) is 7.48. The van der Waals surface area contributed by atoms with Gasteiger partial charge in [0.05, 0.1) is 11.2 Å². The summed E-state index contributed by atoms with van der Waals surface area (Å²) in [5.74, 6) is 1.52. The topological polar surface area (TPSA) is 59.8 Å². The first-order chi connectivity index (χ1) is 12.5. The molecule has 0 bridgehead atoms. The fraction of sp³-hybridized carbons (Fsp3) is 0.381. The molecule has 1 aromatic carbocycles. The molecule has 1 atom stereocenters. The van der Waals surface area contributed by atoms with Gasteiger partial charge < -0.3 is 5.32 Å². The number of pyridine rings is 1. The van der Waals surface area contributed by atoms with Gasteiger partial charge in [0.2, 0.25) is 5.91 Å². The number of aromatic nitrogens is 3. The molecule has 2 aromatic heterocycles. The molecule has 5 heteroatoms. The molecular weight excluding hydrogens is 324 g/mol. The number of hydrogen-bond donors (Lipinski definition) is 1. The van der Waals surface area contributed by atoms with Crippen LogP contribution < -0.4 is 5.32 Å². The summed E-state index contributed by atoms with van der Waals surface area (Å²) in [4.78, 5) is 16.9. The standard InChI is InChI=1S/C21H24N4O/c1-13(2)9-11-25-21-20(14(3)24-25)17(12-19(26)23-21)15-8-10-22-18-7-5-4-6-16(15)18/h4-8,10,13,17H,9,11-12H2,1-3H3,(H,23,26)/t17-/m0/s1. The van der Waals surface area contributed by atoms with Crippen molar-refractivity contribution in [3.8, 4) is 0 Å². The molecule has 134 valence electrons. The highest BCUT2D eigenvalue weighted by Crippen LogP contribution is 2.41. The van der Waals surface area contributed by atoms with Crippen molar-refractivity contribution in [2.45, 2.75) is 46.1 Å². The van der Waals surface area contributed by atoms with Gasteiger partial charge in [0.1, 0.15) is 5.82 Å². The number of nitrogens with zero attached hydrogens (tertiary/aromatic N) is 3. The van der Waals surface area contributed by atoms with Crippen LogP contribution in [0.2, 0.25) is 0 Å². The van der Waals surface area contributed by atoms with Crippen molar-refractivity contribution in [2.24, 2.45) is 5.92 Å². The van der Waals surface area contributed by atoms with E-state index in [0.29, 0.717) is 12.3 Å². The molecule has 1 aliphatic rings. The van der Waals surface area contributed by atoms with Gasteiger partial charge in [-0.15, -0.1) is 0 Å². The van der Waals surface area contributed by atoms with Crippen molar-refractivity contribution in [2.75, 3.05) is 5.32 Å². The highest BCUT2D eigenvalue weighted by Gasteiger charge is 2.33. The number of rotatable bonds is 4. The minimum Gasteiger partial charge on any atom is -0.311 e. The lowest BCUT2D eigenvalue weighted by Gasteiger charge is -2.25. The second-order valence-corrected chi connectivity index (χ2v) is 7.48. The fourth-order valence-electron chi connectivity index (χ4n) is 3.84. The molecule has 26 heavy (non-hydrogen) atoms. The van der Waals surface area contributed by atoms with E-state index < -0.39 is 0 Å². The molecule has 1 N–H and O–H groups in total. The van der Waals surface area contributed by atoms with Crippen LogP contribution in [-0.2, 0) is 11.3 Å². The third kappa shape index (κ3) is 2.87. The van der Waals surface area contributed by atoms with Gasteiger partial charge in [0.25, 0.3) is 0 Å². The summed E-state index contributed by atoms with van der Waals surface area (Å²) >= 11 is 0. The van der Waals surface area contributed by atoms with Crippen molar-refractivity contribution in [1.29, 1.82) is 0 Å². The van der Waals surface area contributed by atoms with Crippen LogP contribution in [0.5, 0.6) is 0 Å². The lowest BCUT2D eigenvalue weighted by atomic mass is 9.84. The minimum absolute atomic E-state index is 0.0134. The zero-order valence-electron chi connectivity index (χ0n) is 15.5. The number of carbonyl (C=O) groups excluding carboxylic acids is 1. The predicted octanol–water partition coefficient (Wildman–Crippen LogP) is 4.26. The summed E-state index contributed by atoms with van der Waals surface area (Å²) in [5.41, 5.74) is 4.25. The molecule has 3 heterocycles. The molecule has 4 rings (SSSR count). The Morgan fingerprint density at radius 1 is 1.27 bits per heavy atom. The molecular formula is C21H24N4O. The molecule has 0 saturated heterocycles. The van der Waals surface area contributed by atoms with E-state index in [-0.39, 0.29) is 11.8 Å². The van der Waals surface area contributed by atoms with Gasteiger partial charge in [-0.25, -0.2) is 4.68 Å². The lowest BCUT2D eigenvalue weighted by molar-refractivity contribution is -0.116. The first kappa shape index (κ1) is 16.8. The summed E-state index contributed by atoms with van der Waals surface area (Å²) in [6, 6.07) is 10.2. The van der Waals surface area contributed by atoms with E-state index in [0.717, 1.165) is 46.5 Å². The maximum Gasteiger partial charge on any atom is 0.226 e. The van der Waals surface area contributed by atoms with Gasteiger partial charge in [0.15, 0.2) is 0 Å². The highest BCUT2D eigenvalue weighted by molar-refractivity contribution is 5.96. The van der Waals surface area contributed by atoms with Crippen molar-refractivity contribution >= 4 is 22.6 Å². The molecule has 0 aliphatic carbocycles. The molecule has 3 aromatic rings. The lowest BCUT2D eigenvalue weighted by Crippen LogP contribution is -2.25. The summed E-state index contributed by atoms with van der Waals surface area (Å²) in [5, 5.41) is 8.91. The summed E-state index contributed by atoms with van der Waals surface area (Å²) in [6.45, 7) is 7.26. The Hall–Kier alpha value is -2.69. The van der Waals surface area contributed by atoms with Gasteiger partial charge >= 0.3 is 0 Å². The van der Waals surface area contributed by atoms with Crippen molar-refractivity contribution in [3.05, 3.63) is 53.3 Å². The van der Waals surface area contributed by atoms with Crippen LogP contribution >= 0.6 is 0 Å². The molecule has 1 aliphatic heterocycles. The molecule has 0 radical (unpaired) electrons. The number of benzene rings is 1. The summed E-state index contributed by atoms with van der Waals surface area (Å²) in [7, 11) is 0. The van der Waals surface area contributed by atoms with Crippen LogP contribution in [-0.4, -0.2) is 20.7 Å². The molecule has 5 nitrogen and oxygen atoms in total. The number of fused-ring (bicyclic) bond motifs is 2. The van der Waals surface area contributed by atoms with E-state index in [1.165, 1.54) is 0 Å². The highest BCUT2D eigenvalue weighted by atomic mass is 16.1. The quantitative estimate of drug-likeness (QED) is 0.766. The largest absolute Gasteiger partial charge is 0.311 e. The Morgan fingerprint density at radius 2 is 2.08 bits per heavy atom. The molecule has 0 unspecified atom stereocenters.